The van der Waals surface area contributed by atoms with Crippen LogP contribution in [-0.4, -0.2) is 35.7 Å². The van der Waals surface area contributed by atoms with Crippen molar-refractivity contribution in [2.45, 2.75) is 0 Å². The van der Waals surface area contributed by atoms with Crippen molar-refractivity contribution in [2.75, 3.05) is 18.5 Å². The van der Waals surface area contributed by atoms with Gasteiger partial charge in [-0.15, -0.1) is 0 Å². The van der Waals surface area contributed by atoms with Crippen LogP contribution < -0.4 is 15.0 Å². The molecule has 3 aromatic rings. The van der Waals surface area contributed by atoms with Crippen LogP contribution in [0.1, 0.15) is 5.56 Å². The molecular weight excluding hydrogens is 394 g/mol. The summed E-state index contributed by atoms with van der Waals surface area (Å²) < 4.78 is 11.0. The smallest absolute Gasteiger partial charge is 0.331 e. The standard InChI is InChI=1S/C20H15N3O5S/c1-23(19-21-14-4-2-3-5-15(14)28-19)11-17(24)27-13-8-6-12(7-9-13)10-16-18(25)22-20(26)29-16/h2-10H,11H2,1H3,(H,22,25,26)/b16-10-. The third-order valence-corrected chi connectivity index (χ3v) is 4.84. The highest BCUT2D eigenvalue weighted by molar-refractivity contribution is 8.18. The van der Waals surface area contributed by atoms with Gasteiger partial charge in [-0.2, -0.15) is 4.98 Å². The Morgan fingerprint density at radius 2 is 1.97 bits per heavy atom. The zero-order valence-electron chi connectivity index (χ0n) is 15.2. The van der Waals surface area contributed by atoms with Crippen molar-refractivity contribution >= 4 is 52.1 Å². The van der Waals surface area contributed by atoms with Gasteiger partial charge < -0.3 is 14.1 Å². The fourth-order valence-corrected chi connectivity index (χ4v) is 3.34. The van der Waals surface area contributed by atoms with Crippen molar-refractivity contribution < 1.29 is 23.5 Å². The number of likely N-dealkylation sites (N-methyl/N-ethyl adjacent to an activating group) is 1. The summed E-state index contributed by atoms with van der Waals surface area (Å²) in [5.74, 6) is -0.530. The van der Waals surface area contributed by atoms with Gasteiger partial charge in [0.15, 0.2) is 5.58 Å². The molecular formula is C20H15N3O5S. The van der Waals surface area contributed by atoms with Crippen LogP contribution in [0, 0.1) is 0 Å². The molecule has 0 radical (unpaired) electrons. The van der Waals surface area contributed by atoms with Gasteiger partial charge in [-0.05, 0) is 47.7 Å². The molecule has 0 saturated carbocycles. The van der Waals surface area contributed by atoms with Crippen LogP contribution >= 0.6 is 11.8 Å². The van der Waals surface area contributed by atoms with E-state index in [1.54, 1.807) is 48.4 Å². The number of hydrogen-bond acceptors (Lipinski definition) is 8. The number of anilines is 1. The molecule has 1 N–H and O–H groups in total. The van der Waals surface area contributed by atoms with E-state index >= 15 is 0 Å². The van der Waals surface area contributed by atoms with Crippen molar-refractivity contribution in [2.24, 2.45) is 0 Å². The fraction of sp³-hybridized carbons (Fsp3) is 0.100. The Morgan fingerprint density at radius 1 is 1.21 bits per heavy atom. The maximum atomic E-state index is 12.2. The minimum atomic E-state index is -0.475. The zero-order valence-corrected chi connectivity index (χ0v) is 16.1. The lowest BCUT2D eigenvalue weighted by Crippen LogP contribution is -2.28. The first kappa shape index (κ1) is 18.8. The average Bonchev–Trinajstić information content (AvgIpc) is 3.26. The monoisotopic (exact) mass is 409 g/mol. The largest absolute Gasteiger partial charge is 0.425 e. The van der Waals surface area contributed by atoms with E-state index < -0.39 is 17.1 Å². The molecule has 0 unspecified atom stereocenters. The maximum Gasteiger partial charge on any atom is 0.331 e. The molecule has 1 saturated heterocycles. The molecule has 4 rings (SSSR count). The first-order valence-electron chi connectivity index (χ1n) is 8.60. The van der Waals surface area contributed by atoms with Crippen molar-refractivity contribution in [1.82, 2.24) is 10.3 Å². The third-order valence-electron chi connectivity index (χ3n) is 4.03. The molecule has 8 nitrogen and oxygen atoms in total. The molecule has 2 aromatic carbocycles. The number of benzene rings is 2. The van der Waals surface area contributed by atoms with E-state index in [0.29, 0.717) is 33.3 Å². The van der Waals surface area contributed by atoms with Gasteiger partial charge >= 0.3 is 5.97 Å². The lowest BCUT2D eigenvalue weighted by atomic mass is 10.2. The summed E-state index contributed by atoms with van der Waals surface area (Å²) in [7, 11) is 1.69. The summed E-state index contributed by atoms with van der Waals surface area (Å²) in [6, 6.07) is 14.3. The second kappa shape index (κ2) is 7.80. The lowest BCUT2D eigenvalue weighted by molar-refractivity contribution is -0.132. The van der Waals surface area contributed by atoms with E-state index in [-0.39, 0.29) is 6.54 Å². The highest BCUT2D eigenvalue weighted by Crippen LogP contribution is 2.26. The number of esters is 1. The SMILES string of the molecule is CN(CC(=O)Oc1ccc(/C=C2\SC(=O)NC2=O)cc1)c1nc2ccccc2o1. The first-order chi connectivity index (χ1) is 14.0. The number of amides is 2. The van der Waals surface area contributed by atoms with Crippen LogP contribution in [-0.2, 0) is 9.59 Å². The summed E-state index contributed by atoms with van der Waals surface area (Å²) >= 11 is 0.845. The molecule has 9 heteroatoms. The molecule has 2 heterocycles. The predicted molar refractivity (Wildman–Crippen MR) is 108 cm³/mol. The van der Waals surface area contributed by atoms with Crippen LogP contribution in [0.4, 0.5) is 10.8 Å². The highest BCUT2D eigenvalue weighted by Gasteiger charge is 2.24. The van der Waals surface area contributed by atoms with Crippen molar-refractivity contribution in [3.05, 3.63) is 59.0 Å². The van der Waals surface area contributed by atoms with Gasteiger partial charge in [-0.3, -0.25) is 14.9 Å². The van der Waals surface area contributed by atoms with Crippen LogP contribution in [0.25, 0.3) is 17.2 Å². The number of nitrogens with one attached hydrogen (secondary N) is 1. The van der Waals surface area contributed by atoms with Crippen molar-refractivity contribution in [3.8, 4) is 5.75 Å². The molecule has 1 fully saturated rings. The van der Waals surface area contributed by atoms with Gasteiger partial charge in [-0.25, -0.2) is 4.79 Å². The Kier molecular flexibility index (Phi) is 5.05. The van der Waals surface area contributed by atoms with Crippen LogP contribution in [0.2, 0.25) is 0 Å². The summed E-state index contributed by atoms with van der Waals surface area (Å²) in [6.07, 6.45) is 1.59. The normalized spacial score (nSPS) is 15.0. The Bertz CT molecular complexity index is 1100. The molecule has 1 aliphatic rings. The zero-order chi connectivity index (χ0) is 20.4. The Balaban J connectivity index is 1.37. The number of carbonyl (C=O) groups excluding carboxylic acids is 3. The summed E-state index contributed by atoms with van der Waals surface area (Å²) in [6.45, 7) is -0.0441. The molecule has 0 spiro atoms. The molecule has 29 heavy (non-hydrogen) atoms. The number of rotatable bonds is 5. The van der Waals surface area contributed by atoms with E-state index in [1.807, 2.05) is 18.2 Å². The minimum absolute atomic E-state index is 0.0441. The Morgan fingerprint density at radius 3 is 2.66 bits per heavy atom. The number of nitrogens with zero attached hydrogens (tertiary/aromatic N) is 2. The van der Waals surface area contributed by atoms with E-state index in [1.165, 1.54) is 0 Å². The third kappa shape index (κ3) is 4.30. The predicted octanol–water partition coefficient (Wildman–Crippen LogP) is 3.19. The van der Waals surface area contributed by atoms with E-state index in [9.17, 15) is 14.4 Å². The molecule has 1 aliphatic heterocycles. The number of thioether (sulfide) groups is 1. The van der Waals surface area contributed by atoms with Gasteiger partial charge in [0.05, 0.1) is 4.91 Å². The Hall–Kier alpha value is -3.59. The minimum Gasteiger partial charge on any atom is -0.425 e. The summed E-state index contributed by atoms with van der Waals surface area (Å²) in [5.41, 5.74) is 2.06. The number of fused-ring (bicyclic) bond motifs is 1. The molecule has 146 valence electrons. The highest BCUT2D eigenvalue weighted by atomic mass is 32.2. The fourth-order valence-electron chi connectivity index (χ4n) is 2.65. The molecule has 0 bridgehead atoms. The van der Waals surface area contributed by atoms with Gasteiger partial charge in [0.2, 0.25) is 0 Å². The second-order valence-corrected chi connectivity index (χ2v) is 7.23. The number of ether oxygens (including phenoxy) is 1. The maximum absolute atomic E-state index is 12.2. The van der Waals surface area contributed by atoms with E-state index in [4.69, 9.17) is 9.15 Å². The summed E-state index contributed by atoms with van der Waals surface area (Å²) in [5, 5.41) is 1.80. The number of aromatic nitrogens is 1. The van der Waals surface area contributed by atoms with Crippen molar-refractivity contribution in [3.63, 3.8) is 0 Å². The van der Waals surface area contributed by atoms with Crippen LogP contribution in [0.15, 0.2) is 57.9 Å². The van der Waals surface area contributed by atoms with Gasteiger partial charge in [0, 0.05) is 7.05 Å². The number of imide groups is 1. The molecule has 0 atom stereocenters. The summed E-state index contributed by atoms with van der Waals surface area (Å²) in [4.78, 5) is 41.2. The molecule has 1 aromatic heterocycles. The molecule has 0 aliphatic carbocycles. The van der Waals surface area contributed by atoms with Gasteiger partial charge in [0.25, 0.3) is 17.2 Å². The van der Waals surface area contributed by atoms with E-state index in [2.05, 4.69) is 10.3 Å². The number of hydrogen-bond donors (Lipinski definition) is 1. The quantitative estimate of drug-likeness (QED) is 0.389. The number of carbonyl (C=O) groups is 3. The Labute approximate surface area is 169 Å². The van der Waals surface area contributed by atoms with Crippen molar-refractivity contribution in [1.29, 1.82) is 0 Å². The van der Waals surface area contributed by atoms with Crippen LogP contribution in [0.5, 0.6) is 5.75 Å². The lowest BCUT2D eigenvalue weighted by Gasteiger charge is -2.13. The van der Waals surface area contributed by atoms with Gasteiger partial charge in [-0.1, -0.05) is 24.3 Å². The topological polar surface area (TPSA) is 102 Å². The molecule has 2 amide bonds. The first-order valence-corrected chi connectivity index (χ1v) is 9.42. The van der Waals surface area contributed by atoms with E-state index in [0.717, 1.165) is 11.8 Å². The van der Waals surface area contributed by atoms with Crippen LogP contribution in [0.3, 0.4) is 0 Å². The number of para-hydroxylation sites is 2. The number of oxazole rings is 1. The average molecular weight is 409 g/mol. The van der Waals surface area contributed by atoms with Gasteiger partial charge in [0.1, 0.15) is 17.8 Å². The second-order valence-electron chi connectivity index (χ2n) is 6.22.